The number of aliphatic hydroxyl groups excluding tert-OH is 1. The van der Waals surface area contributed by atoms with Crippen molar-refractivity contribution in [2.45, 2.75) is 13.5 Å². The number of benzene rings is 1. The molecule has 2 N–H and O–H groups in total. The molecule has 0 aromatic heterocycles. The van der Waals surface area contributed by atoms with Gasteiger partial charge in [0.15, 0.2) is 0 Å². The second kappa shape index (κ2) is 5.24. The Kier molecular flexibility index (Phi) is 3.98. The average Bonchev–Trinajstić information content (AvgIpc) is 2.26. The standard InChI is InChI=1S/C13H14O3/c1-9(2)4-5-10-11(8-14)12(15)6-7-13(10)16-3/h6-7,14-15H,1,8H2,2-3H3. The second-order valence-corrected chi connectivity index (χ2v) is 3.33. The minimum absolute atomic E-state index is 0.00863. The summed E-state index contributed by atoms with van der Waals surface area (Å²) >= 11 is 0. The summed E-state index contributed by atoms with van der Waals surface area (Å²) in [5, 5.41) is 18.7. The smallest absolute Gasteiger partial charge is 0.135 e. The molecule has 0 aliphatic heterocycles. The maximum Gasteiger partial charge on any atom is 0.135 e. The third-order valence-electron chi connectivity index (χ3n) is 2.03. The van der Waals surface area contributed by atoms with Crippen LogP contribution < -0.4 is 4.74 Å². The molecule has 0 heterocycles. The van der Waals surface area contributed by atoms with Crippen LogP contribution >= 0.6 is 0 Å². The molecule has 16 heavy (non-hydrogen) atoms. The summed E-state index contributed by atoms with van der Waals surface area (Å²) in [6.07, 6.45) is 0. The maximum atomic E-state index is 9.57. The Morgan fingerprint density at radius 3 is 2.69 bits per heavy atom. The van der Waals surface area contributed by atoms with E-state index in [2.05, 4.69) is 18.4 Å². The van der Waals surface area contributed by atoms with Gasteiger partial charge in [0.25, 0.3) is 0 Å². The van der Waals surface area contributed by atoms with Crippen LogP contribution in [0.25, 0.3) is 0 Å². The number of hydrogen-bond donors (Lipinski definition) is 2. The zero-order chi connectivity index (χ0) is 12.1. The molecule has 0 saturated heterocycles. The van der Waals surface area contributed by atoms with E-state index in [1.807, 2.05) is 0 Å². The Morgan fingerprint density at radius 1 is 1.50 bits per heavy atom. The van der Waals surface area contributed by atoms with Crippen molar-refractivity contribution in [3.63, 3.8) is 0 Å². The van der Waals surface area contributed by atoms with Gasteiger partial charge in [-0.3, -0.25) is 0 Å². The van der Waals surface area contributed by atoms with Gasteiger partial charge >= 0.3 is 0 Å². The van der Waals surface area contributed by atoms with Crippen LogP contribution in [-0.2, 0) is 6.61 Å². The summed E-state index contributed by atoms with van der Waals surface area (Å²) in [4.78, 5) is 0. The van der Waals surface area contributed by atoms with E-state index < -0.39 is 0 Å². The first-order valence-electron chi connectivity index (χ1n) is 4.77. The van der Waals surface area contributed by atoms with Crippen molar-refractivity contribution < 1.29 is 14.9 Å². The van der Waals surface area contributed by atoms with Gasteiger partial charge in [-0.2, -0.15) is 0 Å². The first-order valence-corrected chi connectivity index (χ1v) is 4.77. The predicted molar refractivity (Wildman–Crippen MR) is 62.3 cm³/mol. The lowest BCUT2D eigenvalue weighted by atomic mass is 10.1. The molecule has 84 valence electrons. The molecule has 0 aliphatic carbocycles. The van der Waals surface area contributed by atoms with Gasteiger partial charge in [-0.1, -0.05) is 18.4 Å². The van der Waals surface area contributed by atoms with E-state index >= 15 is 0 Å². The van der Waals surface area contributed by atoms with Gasteiger partial charge in [0.1, 0.15) is 11.5 Å². The topological polar surface area (TPSA) is 49.7 Å². The van der Waals surface area contributed by atoms with E-state index in [0.717, 1.165) is 0 Å². The normalized spacial score (nSPS) is 9.19. The first kappa shape index (κ1) is 12.2. The molecule has 1 rings (SSSR count). The minimum atomic E-state index is -0.288. The summed E-state index contributed by atoms with van der Waals surface area (Å²) in [6, 6.07) is 3.08. The van der Waals surface area contributed by atoms with Crippen LogP contribution in [0.3, 0.4) is 0 Å². The Morgan fingerprint density at radius 2 is 2.19 bits per heavy atom. The van der Waals surface area contributed by atoms with Crippen molar-refractivity contribution in [2.24, 2.45) is 0 Å². The number of methoxy groups -OCH3 is 1. The Labute approximate surface area is 95.0 Å². The van der Waals surface area contributed by atoms with Crippen molar-refractivity contribution in [1.29, 1.82) is 0 Å². The highest BCUT2D eigenvalue weighted by atomic mass is 16.5. The van der Waals surface area contributed by atoms with E-state index in [1.165, 1.54) is 13.2 Å². The minimum Gasteiger partial charge on any atom is -0.508 e. The van der Waals surface area contributed by atoms with Crippen LogP contribution in [0.1, 0.15) is 18.1 Å². The number of hydrogen-bond acceptors (Lipinski definition) is 3. The van der Waals surface area contributed by atoms with Crippen LogP contribution in [0.5, 0.6) is 11.5 Å². The van der Waals surface area contributed by atoms with Crippen molar-refractivity contribution >= 4 is 0 Å². The lowest BCUT2D eigenvalue weighted by Gasteiger charge is -2.09. The van der Waals surface area contributed by atoms with Gasteiger partial charge < -0.3 is 14.9 Å². The molecular formula is C13H14O3. The average molecular weight is 218 g/mol. The summed E-state index contributed by atoms with van der Waals surface area (Å²) < 4.78 is 5.12. The predicted octanol–water partition coefficient (Wildman–Crippen LogP) is 1.82. The molecule has 0 bridgehead atoms. The molecule has 0 radical (unpaired) electrons. The van der Waals surface area contributed by atoms with E-state index in [0.29, 0.717) is 22.4 Å². The molecule has 0 saturated carbocycles. The molecule has 1 aromatic carbocycles. The monoisotopic (exact) mass is 218 g/mol. The van der Waals surface area contributed by atoms with Crippen molar-refractivity contribution in [3.05, 3.63) is 35.4 Å². The van der Waals surface area contributed by atoms with Crippen LogP contribution in [0.2, 0.25) is 0 Å². The molecule has 0 spiro atoms. The van der Waals surface area contributed by atoms with Crippen LogP contribution in [0, 0.1) is 11.8 Å². The SMILES string of the molecule is C=C(C)C#Cc1c(OC)ccc(O)c1CO. The molecule has 0 amide bonds. The van der Waals surface area contributed by atoms with Crippen LogP contribution in [-0.4, -0.2) is 17.3 Å². The molecule has 3 nitrogen and oxygen atoms in total. The molecule has 1 aromatic rings. The Hall–Kier alpha value is -1.92. The van der Waals surface area contributed by atoms with Crippen molar-refractivity contribution in [2.75, 3.05) is 7.11 Å². The highest BCUT2D eigenvalue weighted by Gasteiger charge is 2.10. The summed E-state index contributed by atoms with van der Waals surface area (Å²) in [7, 11) is 1.51. The molecule has 0 unspecified atom stereocenters. The van der Waals surface area contributed by atoms with E-state index in [9.17, 15) is 10.2 Å². The third kappa shape index (κ3) is 2.56. The molecular weight excluding hydrogens is 204 g/mol. The summed E-state index contributed by atoms with van der Waals surface area (Å²) in [6.45, 7) is 5.15. The fourth-order valence-electron chi connectivity index (χ4n) is 1.25. The number of aliphatic hydroxyl groups is 1. The van der Waals surface area contributed by atoms with Gasteiger partial charge in [-0.05, 0) is 24.6 Å². The fourth-order valence-corrected chi connectivity index (χ4v) is 1.25. The van der Waals surface area contributed by atoms with Crippen LogP contribution in [0.4, 0.5) is 0 Å². The lowest BCUT2D eigenvalue weighted by molar-refractivity contribution is 0.274. The third-order valence-corrected chi connectivity index (χ3v) is 2.03. The number of aromatic hydroxyl groups is 1. The Balaban J connectivity index is 3.38. The van der Waals surface area contributed by atoms with E-state index in [-0.39, 0.29) is 12.4 Å². The van der Waals surface area contributed by atoms with Crippen LogP contribution in [0.15, 0.2) is 24.3 Å². The maximum absolute atomic E-state index is 9.57. The van der Waals surface area contributed by atoms with E-state index in [1.54, 1.807) is 13.0 Å². The highest BCUT2D eigenvalue weighted by molar-refractivity contribution is 5.57. The summed E-state index contributed by atoms with van der Waals surface area (Å²) in [5.41, 5.74) is 1.57. The molecule has 0 aliphatic rings. The van der Waals surface area contributed by atoms with E-state index in [4.69, 9.17) is 4.74 Å². The van der Waals surface area contributed by atoms with Gasteiger partial charge in [0.05, 0.1) is 19.3 Å². The largest absolute Gasteiger partial charge is 0.508 e. The van der Waals surface area contributed by atoms with Gasteiger partial charge in [0, 0.05) is 5.56 Å². The number of ether oxygens (including phenoxy) is 1. The number of rotatable bonds is 2. The van der Waals surface area contributed by atoms with Gasteiger partial charge in [-0.25, -0.2) is 0 Å². The number of allylic oxidation sites excluding steroid dienone is 1. The second-order valence-electron chi connectivity index (χ2n) is 3.33. The molecule has 0 atom stereocenters. The van der Waals surface area contributed by atoms with Gasteiger partial charge in [-0.15, -0.1) is 0 Å². The molecule has 0 fully saturated rings. The number of phenols is 1. The highest BCUT2D eigenvalue weighted by Crippen LogP contribution is 2.28. The van der Waals surface area contributed by atoms with Crippen molar-refractivity contribution in [3.8, 4) is 23.3 Å². The van der Waals surface area contributed by atoms with Gasteiger partial charge in [0.2, 0.25) is 0 Å². The zero-order valence-corrected chi connectivity index (χ0v) is 9.37. The lowest BCUT2D eigenvalue weighted by Crippen LogP contribution is -1.95. The molecule has 3 heteroatoms. The fraction of sp³-hybridized carbons (Fsp3) is 0.231. The quantitative estimate of drug-likeness (QED) is 0.744. The zero-order valence-electron chi connectivity index (χ0n) is 9.37. The Bertz CT molecular complexity index is 464. The van der Waals surface area contributed by atoms with Crippen molar-refractivity contribution in [1.82, 2.24) is 0 Å². The summed E-state index contributed by atoms with van der Waals surface area (Å²) in [5.74, 6) is 6.15. The first-order chi connectivity index (χ1) is 7.60.